The highest BCUT2D eigenvalue weighted by Crippen LogP contribution is 2.28. The Morgan fingerprint density at radius 2 is 2.12 bits per heavy atom. The van der Waals surface area contributed by atoms with Crippen LogP contribution in [-0.4, -0.2) is 16.7 Å². The van der Waals surface area contributed by atoms with E-state index in [4.69, 9.17) is 16.3 Å². The van der Waals surface area contributed by atoms with Crippen LogP contribution >= 0.6 is 11.6 Å². The van der Waals surface area contributed by atoms with Gasteiger partial charge in [-0.1, -0.05) is 12.1 Å². The second kappa shape index (κ2) is 4.80. The number of halogens is 1. The lowest BCUT2D eigenvalue weighted by Gasteiger charge is -2.13. The van der Waals surface area contributed by atoms with Crippen molar-refractivity contribution in [1.82, 2.24) is 9.55 Å². The molecule has 2 aromatic rings. The molecule has 1 aromatic heterocycles. The molecule has 0 spiro atoms. The van der Waals surface area contributed by atoms with E-state index in [9.17, 15) is 0 Å². The summed E-state index contributed by atoms with van der Waals surface area (Å²) in [6.45, 7) is 4.16. The summed E-state index contributed by atoms with van der Waals surface area (Å²) >= 11 is 6.08. The van der Waals surface area contributed by atoms with E-state index < -0.39 is 0 Å². The normalized spacial score (nSPS) is 10.9. The number of imidazole rings is 1. The fourth-order valence-electron chi connectivity index (χ4n) is 1.83. The monoisotopic (exact) mass is 250 g/mol. The minimum Gasteiger partial charge on any atom is -0.497 e. The maximum absolute atomic E-state index is 6.08. The summed E-state index contributed by atoms with van der Waals surface area (Å²) in [6, 6.07) is 8.15. The Labute approximate surface area is 106 Å². The van der Waals surface area contributed by atoms with Crippen molar-refractivity contribution in [2.75, 3.05) is 7.11 Å². The highest BCUT2D eigenvalue weighted by atomic mass is 35.5. The number of aromatic nitrogens is 2. The summed E-state index contributed by atoms with van der Waals surface area (Å²) in [4.78, 5) is 4.16. The SMILES string of the molecule is COc1cccc(-c2cnc(Cl)n2C(C)C)c1. The number of rotatable bonds is 3. The lowest BCUT2D eigenvalue weighted by molar-refractivity contribution is 0.415. The third kappa shape index (κ3) is 2.29. The van der Waals surface area contributed by atoms with Crippen molar-refractivity contribution in [3.63, 3.8) is 0 Å². The Kier molecular flexibility index (Phi) is 3.38. The fraction of sp³-hybridized carbons (Fsp3) is 0.308. The molecule has 3 nitrogen and oxygen atoms in total. The van der Waals surface area contributed by atoms with E-state index in [2.05, 4.69) is 18.8 Å². The summed E-state index contributed by atoms with van der Waals surface area (Å²) in [5.74, 6) is 0.829. The fourth-order valence-corrected chi connectivity index (χ4v) is 2.16. The van der Waals surface area contributed by atoms with E-state index in [-0.39, 0.29) is 6.04 Å². The van der Waals surface area contributed by atoms with Crippen LogP contribution in [0.25, 0.3) is 11.3 Å². The van der Waals surface area contributed by atoms with Gasteiger partial charge in [-0.15, -0.1) is 0 Å². The van der Waals surface area contributed by atoms with Gasteiger partial charge in [0.05, 0.1) is 19.0 Å². The van der Waals surface area contributed by atoms with Crippen LogP contribution < -0.4 is 4.74 Å². The standard InChI is InChI=1S/C13H15ClN2O/c1-9(2)16-12(8-15-13(16)14)10-5-4-6-11(7-10)17-3/h4-9H,1-3H3. The quantitative estimate of drug-likeness (QED) is 0.829. The molecule has 0 bridgehead atoms. The van der Waals surface area contributed by atoms with Gasteiger partial charge in [-0.25, -0.2) is 4.98 Å². The summed E-state index contributed by atoms with van der Waals surface area (Å²) in [5, 5.41) is 0.512. The molecule has 0 aliphatic carbocycles. The summed E-state index contributed by atoms with van der Waals surface area (Å²) in [7, 11) is 1.66. The first-order chi connectivity index (χ1) is 8.13. The van der Waals surface area contributed by atoms with Crippen LogP contribution in [0.3, 0.4) is 0 Å². The summed E-state index contributed by atoms with van der Waals surface area (Å²) < 4.78 is 7.22. The Morgan fingerprint density at radius 1 is 1.35 bits per heavy atom. The molecule has 0 radical (unpaired) electrons. The minimum atomic E-state index is 0.270. The summed E-state index contributed by atoms with van der Waals surface area (Å²) in [5.41, 5.74) is 2.06. The van der Waals surface area contributed by atoms with Crippen LogP contribution in [0.5, 0.6) is 5.75 Å². The molecule has 1 aromatic carbocycles. The Morgan fingerprint density at radius 3 is 2.76 bits per heavy atom. The Balaban J connectivity index is 2.52. The van der Waals surface area contributed by atoms with Crippen molar-refractivity contribution in [1.29, 1.82) is 0 Å². The summed E-state index contributed by atoms with van der Waals surface area (Å²) in [6.07, 6.45) is 1.79. The number of hydrogen-bond donors (Lipinski definition) is 0. The molecular formula is C13H15ClN2O. The van der Waals surface area contributed by atoms with Crippen LogP contribution in [-0.2, 0) is 0 Å². The molecule has 90 valence electrons. The third-order valence-corrected chi connectivity index (χ3v) is 2.91. The van der Waals surface area contributed by atoms with Gasteiger partial charge >= 0.3 is 0 Å². The molecule has 0 unspecified atom stereocenters. The van der Waals surface area contributed by atoms with E-state index in [0.29, 0.717) is 5.28 Å². The van der Waals surface area contributed by atoms with Crippen LogP contribution in [0.1, 0.15) is 19.9 Å². The maximum atomic E-state index is 6.08. The average Bonchev–Trinajstić information content (AvgIpc) is 2.71. The average molecular weight is 251 g/mol. The van der Waals surface area contributed by atoms with Gasteiger partial charge in [0.15, 0.2) is 0 Å². The number of ether oxygens (including phenoxy) is 1. The van der Waals surface area contributed by atoms with Gasteiger partial charge in [-0.3, -0.25) is 0 Å². The van der Waals surface area contributed by atoms with Crippen LogP contribution in [0.2, 0.25) is 5.28 Å². The van der Waals surface area contributed by atoms with Crippen molar-refractivity contribution in [2.45, 2.75) is 19.9 Å². The molecule has 0 atom stereocenters. The molecule has 0 saturated carbocycles. The number of nitrogens with zero attached hydrogens (tertiary/aromatic N) is 2. The zero-order valence-electron chi connectivity index (χ0n) is 10.1. The molecule has 0 amide bonds. The lowest BCUT2D eigenvalue weighted by Crippen LogP contribution is -2.02. The molecule has 0 aliphatic rings. The second-order valence-electron chi connectivity index (χ2n) is 4.11. The van der Waals surface area contributed by atoms with E-state index >= 15 is 0 Å². The molecule has 17 heavy (non-hydrogen) atoms. The lowest BCUT2D eigenvalue weighted by atomic mass is 10.1. The van der Waals surface area contributed by atoms with Crippen molar-refractivity contribution >= 4 is 11.6 Å². The molecule has 2 rings (SSSR count). The van der Waals surface area contributed by atoms with Gasteiger partial charge in [-0.2, -0.15) is 0 Å². The van der Waals surface area contributed by atoms with Crippen LogP contribution in [0.15, 0.2) is 30.5 Å². The van der Waals surface area contributed by atoms with Crippen molar-refractivity contribution in [2.24, 2.45) is 0 Å². The number of benzene rings is 1. The largest absolute Gasteiger partial charge is 0.497 e. The van der Waals surface area contributed by atoms with Gasteiger partial charge in [0.25, 0.3) is 0 Å². The maximum Gasteiger partial charge on any atom is 0.203 e. The predicted molar refractivity (Wildman–Crippen MR) is 69.6 cm³/mol. The Bertz CT molecular complexity index is 520. The highest BCUT2D eigenvalue weighted by molar-refractivity contribution is 6.28. The molecular weight excluding hydrogens is 236 g/mol. The second-order valence-corrected chi connectivity index (χ2v) is 4.45. The highest BCUT2D eigenvalue weighted by Gasteiger charge is 2.12. The van der Waals surface area contributed by atoms with Gasteiger partial charge in [0, 0.05) is 11.6 Å². The van der Waals surface area contributed by atoms with Gasteiger partial charge in [0.2, 0.25) is 5.28 Å². The van der Waals surface area contributed by atoms with E-state index in [1.54, 1.807) is 13.3 Å². The Hall–Kier alpha value is -1.48. The number of methoxy groups -OCH3 is 1. The predicted octanol–water partition coefficient (Wildman–Crippen LogP) is 3.79. The first-order valence-electron chi connectivity index (χ1n) is 5.50. The number of hydrogen-bond acceptors (Lipinski definition) is 2. The van der Waals surface area contributed by atoms with Crippen LogP contribution in [0, 0.1) is 0 Å². The first kappa shape index (κ1) is 12.0. The van der Waals surface area contributed by atoms with Crippen molar-refractivity contribution in [3.8, 4) is 17.0 Å². The zero-order chi connectivity index (χ0) is 12.4. The molecule has 0 aliphatic heterocycles. The van der Waals surface area contributed by atoms with Gasteiger partial charge < -0.3 is 9.30 Å². The van der Waals surface area contributed by atoms with E-state index in [0.717, 1.165) is 17.0 Å². The first-order valence-corrected chi connectivity index (χ1v) is 5.88. The molecule has 0 saturated heterocycles. The molecule has 1 heterocycles. The molecule has 4 heteroatoms. The van der Waals surface area contributed by atoms with Crippen molar-refractivity contribution < 1.29 is 4.74 Å². The smallest absolute Gasteiger partial charge is 0.203 e. The van der Waals surface area contributed by atoms with Crippen LogP contribution in [0.4, 0.5) is 0 Å². The topological polar surface area (TPSA) is 27.1 Å². The van der Waals surface area contributed by atoms with Gasteiger partial charge in [-0.05, 0) is 37.6 Å². The zero-order valence-corrected chi connectivity index (χ0v) is 10.9. The van der Waals surface area contributed by atoms with Crippen molar-refractivity contribution in [3.05, 3.63) is 35.7 Å². The molecule has 0 N–H and O–H groups in total. The van der Waals surface area contributed by atoms with E-state index in [1.165, 1.54) is 0 Å². The minimum absolute atomic E-state index is 0.270. The van der Waals surface area contributed by atoms with Gasteiger partial charge in [0.1, 0.15) is 5.75 Å². The molecule has 0 fully saturated rings. The van der Waals surface area contributed by atoms with E-state index in [1.807, 2.05) is 28.8 Å². The third-order valence-electron chi connectivity index (χ3n) is 2.63.